The zero-order chi connectivity index (χ0) is 17.0. The molecular formula is C17H22N2O4. The van der Waals surface area contributed by atoms with Crippen molar-refractivity contribution in [1.82, 2.24) is 10.2 Å². The minimum atomic E-state index is -0.976. The minimum absolute atomic E-state index is 0.0293. The molecule has 1 aromatic carbocycles. The van der Waals surface area contributed by atoms with Crippen molar-refractivity contribution in [1.29, 1.82) is 0 Å². The van der Waals surface area contributed by atoms with Crippen LogP contribution in [0.25, 0.3) is 0 Å². The number of nitrogens with one attached hydrogen (secondary N) is 1. The molecule has 6 heteroatoms. The fourth-order valence-electron chi connectivity index (χ4n) is 2.93. The van der Waals surface area contributed by atoms with Crippen LogP contribution < -0.4 is 5.32 Å². The van der Waals surface area contributed by atoms with Gasteiger partial charge in [0.2, 0.25) is 11.8 Å². The summed E-state index contributed by atoms with van der Waals surface area (Å²) >= 11 is 0. The number of nitrogens with zero attached hydrogens (tertiary/aromatic N) is 1. The lowest BCUT2D eigenvalue weighted by atomic mass is 9.97. The lowest BCUT2D eigenvalue weighted by molar-refractivity contribution is -0.138. The van der Waals surface area contributed by atoms with Crippen LogP contribution in [0, 0.1) is 12.8 Å². The van der Waals surface area contributed by atoms with Gasteiger partial charge in [0.05, 0.1) is 18.4 Å². The molecule has 1 aliphatic rings. The van der Waals surface area contributed by atoms with E-state index >= 15 is 0 Å². The second kappa shape index (κ2) is 7.26. The quantitative estimate of drug-likeness (QED) is 0.832. The van der Waals surface area contributed by atoms with Crippen LogP contribution in [0.1, 0.15) is 36.9 Å². The van der Waals surface area contributed by atoms with Crippen molar-refractivity contribution in [3.8, 4) is 0 Å². The third kappa shape index (κ3) is 4.09. The molecular weight excluding hydrogens is 296 g/mol. The van der Waals surface area contributed by atoms with E-state index in [1.807, 2.05) is 38.1 Å². The Morgan fingerprint density at radius 1 is 1.39 bits per heavy atom. The van der Waals surface area contributed by atoms with Gasteiger partial charge in [-0.05, 0) is 25.0 Å². The third-order valence-electron chi connectivity index (χ3n) is 4.23. The highest BCUT2D eigenvalue weighted by molar-refractivity contribution is 5.89. The summed E-state index contributed by atoms with van der Waals surface area (Å²) < 4.78 is 0. The summed E-state index contributed by atoms with van der Waals surface area (Å²) in [4.78, 5) is 37.0. The van der Waals surface area contributed by atoms with E-state index < -0.39 is 17.9 Å². The van der Waals surface area contributed by atoms with Gasteiger partial charge in [-0.25, -0.2) is 0 Å². The zero-order valence-electron chi connectivity index (χ0n) is 13.4. The molecule has 1 aliphatic heterocycles. The van der Waals surface area contributed by atoms with Crippen LogP contribution in [0.15, 0.2) is 24.3 Å². The van der Waals surface area contributed by atoms with Crippen LogP contribution in [0.5, 0.6) is 0 Å². The molecule has 1 fully saturated rings. The first-order valence-electron chi connectivity index (χ1n) is 7.77. The molecule has 0 unspecified atom stereocenters. The van der Waals surface area contributed by atoms with Crippen molar-refractivity contribution in [3.63, 3.8) is 0 Å². The van der Waals surface area contributed by atoms with Gasteiger partial charge in [0.25, 0.3) is 0 Å². The molecule has 1 heterocycles. The Morgan fingerprint density at radius 3 is 2.65 bits per heavy atom. The lowest BCUT2D eigenvalue weighted by Crippen LogP contribution is -2.36. The summed E-state index contributed by atoms with van der Waals surface area (Å²) in [7, 11) is 0. The van der Waals surface area contributed by atoms with Crippen LogP contribution in [0.4, 0.5) is 0 Å². The Bertz CT molecular complexity index is 614. The van der Waals surface area contributed by atoms with E-state index in [0.29, 0.717) is 13.1 Å². The first-order chi connectivity index (χ1) is 10.9. The summed E-state index contributed by atoms with van der Waals surface area (Å²) in [6.45, 7) is 4.74. The SMILES string of the molecule is CCN1C[C@@H](C(=O)N[C@@H](CC(=O)O)c2ccccc2C)CC1=O. The van der Waals surface area contributed by atoms with Gasteiger partial charge < -0.3 is 15.3 Å². The molecule has 0 spiro atoms. The predicted octanol–water partition coefficient (Wildman–Crippen LogP) is 1.50. The fraction of sp³-hybridized carbons (Fsp3) is 0.471. The van der Waals surface area contributed by atoms with Crippen molar-refractivity contribution < 1.29 is 19.5 Å². The van der Waals surface area contributed by atoms with E-state index in [1.165, 1.54) is 0 Å². The number of likely N-dealkylation sites (tertiary alicyclic amines) is 1. The van der Waals surface area contributed by atoms with Crippen LogP contribution in [0.3, 0.4) is 0 Å². The molecule has 0 aromatic heterocycles. The second-order valence-electron chi connectivity index (χ2n) is 5.85. The lowest BCUT2D eigenvalue weighted by Gasteiger charge is -2.21. The van der Waals surface area contributed by atoms with Gasteiger partial charge in [-0.2, -0.15) is 0 Å². The molecule has 0 aliphatic carbocycles. The van der Waals surface area contributed by atoms with E-state index in [4.69, 9.17) is 5.11 Å². The second-order valence-corrected chi connectivity index (χ2v) is 5.85. The monoisotopic (exact) mass is 318 g/mol. The number of carbonyl (C=O) groups excluding carboxylic acids is 2. The number of carbonyl (C=O) groups is 3. The predicted molar refractivity (Wildman–Crippen MR) is 84.7 cm³/mol. The topological polar surface area (TPSA) is 86.7 Å². The number of benzene rings is 1. The molecule has 6 nitrogen and oxygen atoms in total. The highest BCUT2D eigenvalue weighted by Crippen LogP contribution is 2.23. The van der Waals surface area contributed by atoms with Gasteiger partial charge in [0.15, 0.2) is 0 Å². The Labute approximate surface area is 135 Å². The Kier molecular flexibility index (Phi) is 5.36. The van der Waals surface area contributed by atoms with Gasteiger partial charge in [-0.15, -0.1) is 0 Å². The molecule has 0 bridgehead atoms. The number of rotatable bonds is 6. The largest absolute Gasteiger partial charge is 0.481 e. The molecule has 1 aromatic rings. The zero-order valence-corrected chi connectivity index (χ0v) is 13.4. The number of carboxylic acids is 1. The van der Waals surface area contributed by atoms with Crippen LogP contribution in [-0.4, -0.2) is 40.9 Å². The summed E-state index contributed by atoms with van der Waals surface area (Å²) in [5, 5.41) is 11.9. The van der Waals surface area contributed by atoms with Gasteiger partial charge >= 0.3 is 5.97 Å². The summed E-state index contributed by atoms with van der Waals surface area (Å²) in [5.41, 5.74) is 1.72. The van der Waals surface area contributed by atoms with Gasteiger partial charge in [0, 0.05) is 19.5 Å². The van der Waals surface area contributed by atoms with Crippen molar-refractivity contribution in [2.24, 2.45) is 5.92 Å². The average molecular weight is 318 g/mol. The Hall–Kier alpha value is -2.37. The van der Waals surface area contributed by atoms with E-state index in [1.54, 1.807) is 4.90 Å². The third-order valence-corrected chi connectivity index (χ3v) is 4.23. The molecule has 0 saturated carbocycles. The standard InChI is InChI=1S/C17H22N2O4/c1-3-19-10-12(8-15(19)20)17(23)18-14(9-16(21)22)13-7-5-4-6-11(13)2/h4-7,12,14H,3,8-10H2,1-2H3,(H,18,23)(H,21,22)/t12-,14-/m0/s1. The fourth-order valence-corrected chi connectivity index (χ4v) is 2.93. The van der Waals surface area contributed by atoms with E-state index in [0.717, 1.165) is 11.1 Å². The van der Waals surface area contributed by atoms with Crippen LogP contribution >= 0.6 is 0 Å². The molecule has 23 heavy (non-hydrogen) atoms. The number of aliphatic carboxylic acids is 1. The van der Waals surface area contributed by atoms with Crippen molar-refractivity contribution in [3.05, 3.63) is 35.4 Å². The van der Waals surface area contributed by atoms with Gasteiger partial charge in [0.1, 0.15) is 0 Å². The van der Waals surface area contributed by atoms with Crippen molar-refractivity contribution >= 4 is 17.8 Å². The Balaban J connectivity index is 2.12. The van der Waals surface area contributed by atoms with Gasteiger partial charge in [-0.3, -0.25) is 14.4 Å². The number of hydrogen-bond donors (Lipinski definition) is 2. The first-order valence-corrected chi connectivity index (χ1v) is 7.77. The van der Waals surface area contributed by atoms with Crippen molar-refractivity contribution in [2.45, 2.75) is 32.7 Å². The molecule has 124 valence electrons. The smallest absolute Gasteiger partial charge is 0.305 e. The minimum Gasteiger partial charge on any atom is -0.481 e. The molecule has 1 saturated heterocycles. The number of amides is 2. The molecule has 2 rings (SSSR count). The van der Waals surface area contributed by atoms with E-state index in [-0.39, 0.29) is 24.7 Å². The summed E-state index contributed by atoms with van der Waals surface area (Å²) in [6.07, 6.45) is 0.00197. The molecule has 2 N–H and O–H groups in total. The molecule has 2 amide bonds. The van der Waals surface area contributed by atoms with Crippen molar-refractivity contribution in [2.75, 3.05) is 13.1 Å². The highest BCUT2D eigenvalue weighted by atomic mass is 16.4. The summed E-state index contributed by atoms with van der Waals surface area (Å²) in [6, 6.07) is 6.80. The number of aryl methyl sites for hydroxylation is 1. The first kappa shape index (κ1) is 17.0. The van der Waals surface area contributed by atoms with Gasteiger partial charge in [-0.1, -0.05) is 24.3 Å². The molecule has 2 atom stereocenters. The normalized spacial score (nSPS) is 18.8. The average Bonchev–Trinajstić information content (AvgIpc) is 2.88. The van der Waals surface area contributed by atoms with E-state index in [9.17, 15) is 14.4 Å². The number of hydrogen-bond acceptors (Lipinski definition) is 3. The van der Waals surface area contributed by atoms with Crippen LogP contribution in [0.2, 0.25) is 0 Å². The number of carboxylic acid groups (broad SMARTS) is 1. The molecule has 0 radical (unpaired) electrons. The summed E-state index contributed by atoms with van der Waals surface area (Å²) in [5.74, 6) is -1.68. The Morgan fingerprint density at radius 2 is 2.09 bits per heavy atom. The highest BCUT2D eigenvalue weighted by Gasteiger charge is 2.34. The van der Waals surface area contributed by atoms with E-state index in [2.05, 4.69) is 5.32 Å². The maximum atomic E-state index is 12.4. The maximum Gasteiger partial charge on any atom is 0.305 e. The maximum absolute atomic E-state index is 12.4. The van der Waals surface area contributed by atoms with Crippen LogP contribution in [-0.2, 0) is 14.4 Å².